The smallest absolute Gasteiger partial charge is 0.258 e. The van der Waals surface area contributed by atoms with Crippen LogP contribution in [0.15, 0.2) is 36.4 Å². The van der Waals surface area contributed by atoms with Gasteiger partial charge in [0.2, 0.25) is 0 Å². The molecule has 1 saturated heterocycles. The molecule has 1 fully saturated rings. The molecule has 0 aromatic heterocycles. The maximum Gasteiger partial charge on any atom is 0.258 e. The van der Waals surface area contributed by atoms with Gasteiger partial charge >= 0.3 is 0 Å². The van der Waals surface area contributed by atoms with E-state index in [1.807, 2.05) is 17.9 Å². The molecule has 1 heterocycles. The van der Waals surface area contributed by atoms with E-state index in [-0.39, 0.29) is 5.56 Å². The number of carbonyl (C=O) groups is 1. The number of carbonyl (C=O) groups excluding carboxylic acids is 1. The summed E-state index contributed by atoms with van der Waals surface area (Å²) in [7, 11) is 1.52. The topological polar surface area (TPSA) is 65.4 Å². The number of benzene rings is 2. The highest BCUT2D eigenvalue weighted by molar-refractivity contribution is 6.06. The molecule has 1 aliphatic heterocycles. The fourth-order valence-electron chi connectivity index (χ4n) is 3.06. The molecular formula is C20H22FN3O2. The average Bonchev–Trinajstić information content (AvgIpc) is 3.17. The van der Waals surface area contributed by atoms with Crippen LogP contribution in [0.4, 0.5) is 10.1 Å². The fraction of sp³-hybridized carbons (Fsp3) is 0.300. The van der Waals surface area contributed by atoms with Gasteiger partial charge in [0.1, 0.15) is 17.4 Å². The Hall–Kier alpha value is -2.89. The van der Waals surface area contributed by atoms with Crippen molar-refractivity contribution in [3.63, 3.8) is 0 Å². The second-order valence-corrected chi connectivity index (χ2v) is 6.40. The van der Waals surface area contributed by atoms with Gasteiger partial charge in [-0.2, -0.15) is 0 Å². The molecule has 0 saturated carbocycles. The number of ether oxygens (including phenoxy) is 1. The molecule has 2 aromatic rings. The lowest BCUT2D eigenvalue weighted by molar-refractivity contribution is 0.102. The van der Waals surface area contributed by atoms with E-state index < -0.39 is 11.7 Å². The number of amides is 1. The third kappa shape index (κ3) is 3.69. The number of nitrogens with one attached hydrogen (secondary N) is 2. The summed E-state index contributed by atoms with van der Waals surface area (Å²) in [6.45, 7) is 3.55. The predicted octanol–water partition coefficient (Wildman–Crippen LogP) is 3.82. The fourth-order valence-corrected chi connectivity index (χ4v) is 3.06. The van der Waals surface area contributed by atoms with Crippen molar-refractivity contribution in [1.29, 1.82) is 5.41 Å². The number of hydrogen-bond donors (Lipinski definition) is 2. The zero-order chi connectivity index (χ0) is 18.7. The Balaban J connectivity index is 1.79. The molecule has 6 heteroatoms. The largest absolute Gasteiger partial charge is 0.495 e. The minimum absolute atomic E-state index is 0.0643. The van der Waals surface area contributed by atoms with Crippen LogP contribution in [-0.2, 0) is 0 Å². The Bertz CT molecular complexity index is 845. The van der Waals surface area contributed by atoms with E-state index in [0.717, 1.165) is 31.5 Å². The molecule has 1 amide bonds. The maximum atomic E-state index is 14.5. The number of nitrogens with zero attached hydrogens (tertiary/aromatic N) is 1. The Labute approximate surface area is 152 Å². The van der Waals surface area contributed by atoms with Crippen molar-refractivity contribution in [2.75, 3.05) is 25.5 Å². The maximum absolute atomic E-state index is 14.5. The Kier molecular flexibility index (Phi) is 5.21. The van der Waals surface area contributed by atoms with Gasteiger partial charge in [-0.15, -0.1) is 0 Å². The number of methoxy groups -OCH3 is 1. The highest BCUT2D eigenvalue weighted by Gasteiger charge is 2.19. The van der Waals surface area contributed by atoms with Crippen LogP contribution >= 0.6 is 0 Å². The van der Waals surface area contributed by atoms with Crippen LogP contribution in [0, 0.1) is 18.2 Å². The van der Waals surface area contributed by atoms with Gasteiger partial charge in [0.15, 0.2) is 0 Å². The van der Waals surface area contributed by atoms with Crippen molar-refractivity contribution in [2.45, 2.75) is 19.8 Å². The van der Waals surface area contributed by atoms with Gasteiger partial charge in [0, 0.05) is 18.7 Å². The normalized spacial score (nSPS) is 13.6. The molecule has 2 N–H and O–H groups in total. The second kappa shape index (κ2) is 7.56. The zero-order valence-corrected chi connectivity index (χ0v) is 14.9. The lowest BCUT2D eigenvalue weighted by Crippen LogP contribution is -2.28. The van der Waals surface area contributed by atoms with E-state index in [4.69, 9.17) is 10.1 Å². The molecule has 2 aromatic carbocycles. The monoisotopic (exact) mass is 355 g/mol. The number of aryl methyl sites for hydroxylation is 1. The molecule has 26 heavy (non-hydrogen) atoms. The second-order valence-electron chi connectivity index (χ2n) is 6.40. The number of rotatable bonds is 4. The molecule has 0 atom stereocenters. The van der Waals surface area contributed by atoms with Gasteiger partial charge in [-0.25, -0.2) is 4.39 Å². The first-order valence-corrected chi connectivity index (χ1v) is 8.59. The van der Waals surface area contributed by atoms with E-state index in [1.54, 1.807) is 18.2 Å². The highest BCUT2D eigenvalue weighted by atomic mass is 19.1. The molecule has 0 unspecified atom stereocenters. The number of anilines is 1. The zero-order valence-electron chi connectivity index (χ0n) is 14.9. The number of amidine groups is 1. The van der Waals surface area contributed by atoms with Crippen LogP contribution in [0.5, 0.6) is 5.75 Å². The summed E-state index contributed by atoms with van der Waals surface area (Å²) in [5, 5.41) is 10.9. The van der Waals surface area contributed by atoms with Gasteiger partial charge in [-0.1, -0.05) is 12.1 Å². The average molecular weight is 355 g/mol. The van der Waals surface area contributed by atoms with Crippen LogP contribution in [-0.4, -0.2) is 36.8 Å². The molecule has 0 aliphatic carbocycles. The predicted molar refractivity (Wildman–Crippen MR) is 99.7 cm³/mol. The summed E-state index contributed by atoms with van der Waals surface area (Å²) < 4.78 is 19.7. The summed E-state index contributed by atoms with van der Waals surface area (Å²) in [4.78, 5) is 14.4. The standard InChI is InChI=1S/C20H22FN3O2/c1-13-5-8-17(18(11-13)26-2)23-20(25)15-7-6-14(12-16(15)21)19(22)24-9-3-4-10-24/h5-8,11-12,22H,3-4,9-10H2,1-2H3,(H,23,25). The first-order valence-electron chi connectivity index (χ1n) is 8.59. The summed E-state index contributed by atoms with van der Waals surface area (Å²) >= 11 is 0. The Morgan fingerprint density at radius 1 is 1.19 bits per heavy atom. The van der Waals surface area contributed by atoms with Crippen molar-refractivity contribution in [3.8, 4) is 5.75 Å². The SMILES string of the molecule is COc1cc(C)ccc1NC(=O)c1ccc(C(=N)N2CCCC2)cc1F. The van der Waals surface area contributed by atoms with Crippen molar-refractivity contribution >= 4 is 17.4 Å². The number of hydrogen-bond acceptors (Lipinski definition) is 3. The van der Waals surface area contributed by atoms with Crippen LogP contribution in [0.2, 0.25) is 0 Å². The van der Waals surface area contributed by atoms with Crippen LogP contribution in [0.25, 0.3) is 0 Å². The molecule has 3 rings (SSSR count). The van der Waals surface area contributed by atoms with Crippen LogP contribution < -0.4 is 10.1 Å². The molecule has 0 spiro atoms. The number of halogens is 1. The molecule has 136 valence electrons. The third-order valence-electron chi connectivity index (χ3n) is 4.51. The Morgan fingerprint density at radius 2 is 1.92 bits per heavy atom. The summed E-state index contributed by atoms with van der Waals surface area (Å²) in [5.74, 6) is -0.376. The van der Waals surface area contributed by atoms with E-state index in [1.165, 1.54) is 19.2 Å². The highest BCUT2D eigenvalue weighted by Crippen LogP contribution is 2.26. The quantitative estimate of drug-likeness (QED) is 0.647. The van der Waals surface area contributed by atoms with Crippen molar-refractivity contribution in [3.05, 3.63) is 58.9 Å². The lowest BCUT2D eigenvalue weighted by Gasteiger charge is -2.19. The molecule has 0 radical (unpaired) electrons. The minimum atomic E-state index is -0.643. The van der Waals surface area contributed by atoms with Gasteiger partial charge < -0.3 is 15.0 Å². The minimum Gasteiger partial charge on any atom is -0.495 e. The molecular weight excluding hydrogens is 333 g/mol. The molecule has 5 nitrogen and oxygen atoms in total. The first-order chi connectivity index (χ1) is 12.5. The van der Waals surface area contributed by atoms with Crippen LogP contribution in [0.1, 0.15) is 34.3 Å². The summed E-state index contributed by atoms with van der Waals surface area (Å²) in [6.07, 6.45) is 2.09. The Morgan fingerprint density at radius 3 is 2.58 bits per heavy atom. The van der Waals surface area contributed by atoms with Gasteiger partial charge in [-0.05, 0) is 49.6 Å². The summed E-state index contributed by atoms with van der Waals surface area (Å²) in [6, 6.07) is 9.65. The third-order valence-corrected chi connectivity index (χ3v) is 4.51. The van der Waals surface area contributed by atoms with Gasteiger partial charge in [0.25, 0.3) is 5.91 Å². The van der Waals surface area contributed by atoms with E-state index in [2.05, 4.69) is 5.32 Å². The lowest BCUT2D eigenvalue weighted by atomic mass is 10.1. The first kappa shape index (κ1) is 17.9. The molecule has 1 aliphatic rings. The van der Waals surface area contributed by atoms with E-state index >= 15 is 0 Å². The van der Waals surface area contributed by atoms with E-state index in [9.17, 15) is 9.18 Å². The van der Waals surface area contributed by atoms with Crippen molar-refractivity contribution in [2.24, 2.45) is 0 Å². The molecule has 0 bridgehead atoms. The van der Waals surface area contributed by atoms with Gasteiger partial charge in [0.05, 0.1) is 18.4 Å². The van der Waals surface area contributed by atoms with Crippen molar-refractivity contribution in [1.82, 2.24) is 4.90 Å². The van der Waals surface area contributed by atoms with E-state index in [0.29, 0.717) is 22.8 Å². The number of likely N-dealkylation sites (tertiary alicyclic amines) is 1. The van der Waals surface area contributed by atoms with Crippen molar-refractivity contribution < 1.29 is 13.9 Å². The van der Waals surface area contributed by atoms with Crippen LogP contribution in [0.3, 0.4) is 0 Å². The summed E-state index contributed by atoms with van der Waals surface area (Å²) in [5.41, 5.74) is 1.90. The van der Waals surface area contributed by atoms with Gasteiger partial charge in [-0.3, -0.25) is 10.2 Å².